The van der Waals surface area contributed by atoms with Crippen molar-refractivity contribution in [1.82, 2.24) is 9.13 Å². The van der Waals surface area contributed by atoms with E-state index in [1.807, 2.05) is 0 Å². The lowest BCUT2D eigenvalue weighted by Crippen LogP contribution is -2.61. The highest BCUT2D eigenvalue weighted by Crippen LogP contribution is 2.57. The SMILES string of the molecule is CC(C)(C)c1ccc(-c2cc(-c3ccccc3)cc(-c3ccc(C(C)(C)C)cc3)c2N2c3cc(-n4c5ccccc5c5ccccc54)ccc3B3c4ccc(-n5c6ccc7cccc8c9cccc%10ccc5c(c%109)c6c78)cc4N(c4c(-c5ccc(C(C)(C)C)cc5)cc(-c5ccccc5)cc4-c4ccc(C(C)(C)C)cc4)c4cc(-c5ccccc5)cc2c43)cc1. The molecule has 0 bridgehead atoms. The number of fused-ring (bicyclic) bond motifs is 8. The zero-order chi connectivity index (χ0) is 84.8. The van der Waals surface area contributed by atoms with Gasteiger partial charge in [0.05, 0.1) is 33.4 Å². The summed E-state index contributed by atoms with van der Waals surface area (Å²) < 4.78 is 5.13. The summed E-state index contributed by atoms with van der Waals surface area (Å²) in [5, 5.41) is 12.7. The van der Waals surface area contributed by atoms with E-state index < -0.39 is 0 Å². The predicted molar refractivity (Wildman–Crippen MR) is 537 cm³/mol. The first-order chi connectivity index (χ1) is 60.5. The van der Waals surface area contributed by atoms with Gasteiger partial charge in [-0.25, -0.2) is 0 Å². The molecule has 0 saturated heterocycles. The van der Waals surface area contributed by atoms with Crippen LogP contribution in [0.2, 0.25) is 0 Å². The molecule has 2 aliphatic heterocycles. The van der Waals surface area contributed by atoms with Crippen molar-refractivity contribution in [1.29, 1.82) is 0 Å². The molecule has 2 aromatic heterocycles. The maximum Gasteiger partial charge on any atom is 0.252 e. The quantitative estimate of drug-likeness (QED) is 0.0729. The first-order valence-corrected chi connectivity index (χ1v) is 44.5. The van der Waals surface area contributed by atoms with Crippen molar-refractivity contribution >= 4 is 133 Å². The molecule has 0 N–H and O–H groups in total. The molecule has 125 heavy (non-hydrogen) atoms. The van der Waals surface area contributed by atoms with Crippen LogP contribution in [0.25, 0.3) is 165 Å². The van der Waals surface area contributed by atoms with Crippen LogP contribution < -0.4 is 26.2 Å². The summed E-state index contributed by atoms with van der Waals surface area (Å²) in [6, 6.07) is 143. The molecule has 0 unspecified atom stereocenters. The van der Waals surface area contributed by atoms with Crippen molar-refractivity contribution in [2.75, 3.05) is 9.80 Å². The Balaban J connectivity index is 0.911. The molecule has 23 rings (SSSR count). The number of rotatable bonds is 11. The van der Waals surface area contributed by atoms with E-state index in [2.05, 4.69) is 472 Å². The zero-order valence-electron chi connectivity index (χ0n) is 73.1. The summed E-state index contributed by atoms with van der Waals surface area (Å²) in [5.41, 5.74) is 37.6. The second kappa shape index (κ2) is 28.1. The highest BCUT2D eigenvalue weighted by atomic mass is 15.2. The standard InChI is InChI=1S/C120H97BN4/c1-117(2,3)86-52-42-77(43-53-86)96-66-83(74-28-16-13-17-29-74)67-97(78-44-54-87(55-45-78)118(4,5)6)115(96)124-106-72-90(122-102-40-24-22-36-92(102)93-37-23-25-41-103(93)122)60-62-100(106)121-101-63-61-91(123-104-64-50-81-34-26-38-94-95-39-27-35-82-51-65-105(123)113(111(82)95)112(104)110(81)94)73-107(101)125(109-71-85(70-108(124)114(109)121)76-32-20-15-21-33-76)116-98(79-46-56-88(57-47-79)119(7,8)9)68-84(75-30-18-14-19-31-75)69-99(116)80-48-58-89(59-49-80)120(10,11)12/h13-73H,1-12H3. The number of hydrogen-bond acceptors (Lipinski definition) is 2. The van der Waals surface area contributed by atoms with Gasteiger partial charge in [-0.1, -0.05) is 368 Å². The van der Waals surface area contributed by atoms with Gasteiger partial charge in [-0.2, -0.15) is 0 Å². The maximum absolute atomic E-state index is 2.77. The van der Waals surface area contributed by atoms with Crippen molar-refractivity contribution < 1.29 is 0 Å². The molecule has 4 nitrogen and oxygen atoms in total. The second-order valence-electron chi connectivity index (χ2n) is 39.2. The maximum atomic E-state index is 2.77. The van der Waals surface area contributed by atoms with Crippen LogP contribution in [0, 0.1) is 0 Å². The lowest BCUT2D eigenvalue weighted by atomic mass is 9.33. The third-order valence-corrected chi connectivity index (χ3v) is 27.4. The molecule has 19 aromatic carbocycles. The van der Waals surface area contributed by atoms with E-state index >= 15 is 0 Å². The Morgan fingerprint density at radius 2 is 0.512 bits per heavy atom. The summed E-state index contributed by atoms with van der Waals surface area (Å²) in [4.78, 5) is 5.53. The Kier molecular flexibility index (Phi) is 17.0. The fourth-order valence-corrected chi connectivity index (χ4v) is 21.0. The third kappa shape index (κ3) is 12.2. The van der Waals surface area contributed by atoms with Crippen molar-refractivity contribution in [3.8, 4) is 89.3 Å². The second-order valence-corrected chi connectivity index (χ2v) is 39.2. The molecule has 5 heteroatoms. The molecule has 0 amide bonds. The molecule has 21 aromatic rings. The average Bonchev–Trinajstić information content (AvgIpc) is 1.51. The fourth-order valence-electron chi connectivity index (χ4n) is 21.0. The smallest absolute Gasteiger partial charge is 0.252 e. The lowest BCUT2D eigenvalue weighted by Gasteiger charge is -2.46. The van der Waals surface area contributed by atoms with Gasteiger partial charge in [-0.15, -0.1) is 0 Å². The average molecular weight is 1610 g/mol. The van der Waals surface area contributed by atoms with Gasteiger partial charge in [-0.3, -0.25) is 0 Å². The molecule has 2 aliphatic rings. The van der Waals surface area contributed by atoms with E-state index in [0.29, 0.717) is 0 Å². The summed E-state index contributed by atoms with van der Waals surface area (Å²) in [6.45, 7) is 27.6. The van der Waals surface area contributed by atoms with Gasteiger partial charge in [0.1, 0.15) is 0 Å². The van der Waals surface area contributed by atoms with Gasteiger partial charge in [0.2, 0.25) is 0 Å². The summed E-state index contributed by atoms with van der Waals surface area (Å²) in [7, 11) is 0. The van der Waals surface area contributed by atoms with E-state index in [1.165, 1.54) is 104 Å². The van der Waals surface area contributed by atoms with Gasteiger partial charge in [0.25, 0.3) is 6.71 Å². The summed E-state index contributed by atoms with van der Waals surface area (Å²) >= 11 is 0. The van der Waals surface area contributed by atoms with Crippen LogP contribution in [0.3, 0.4) is 0 Å². The number of aromatic nitrogens is 2. The molecule has 0 saturated carbocycles. The Hall–Kier alpha value is -14.3. The number of para-hydroxylation sites is 2. The predicted octanol–water partition coefficient (Wildman–Crippen LogP) is 31.2. The molecule has 600 valence electrons. The Morgan fingerprint density at radius 1 is 0.208 bits per heavy atom. The number of hydrogen-bond donors (Lipinski definition) is 0. The van der Waals surface area contributed by atoms with Gasteiger partial charge < -0.3 is 18.9 Å². The van der Waals surface area contributed by atoms with Crippen molar-refractivity contribution in [2.24, 2.45) is 0 Å². The number of anilines is 6. The lowest BCUT2D eigenvalue weighted by molar-refractivity contribution is 0.590. The summed E-state index contributed by atoms with van der Waals surface area (Å²) in [6.07, 6.45) is 0. The van der Waals surface area contributed by atoms with Crippen LogP contribution in [0.1, 0.15) is 105 Å². The topological polar surface area (TPSA) is 16.3 Å². The Morgan fingerprint density at radius 3 is 0.848 bits per heavy atom. The van der Waals surface area contributed by atoms with E-state index in [9.17, 15) is 0 Å². The molecule has 0 spiro atoms. The van der Waals surface area contributed by atoms with Crippen LogP contribution in [0.5, 0.6) is 0 Å². The first-order valence-electron chi connectivity index (χ1n) is 44.5. The minimum absolute atomic E-state index is 0.0978. The van der Waals surface area contributed by atoms with Crippen molar-refractivity contribution in [2.45, 2.75) is 105 Å². The van der Waals surface area contributed by atoms with Gasteiger partial charge in [-0.05, 0) is 233 Å². The van der Waals surface area contributed by atoms with Crippen LogP contribution >= 0.6 is 0 Å². The Bertz CT molecular complexity index is 7570. The summed E-state index contributed by atoms with van der Waals surface area (Å²) in [5.74, 6) is 0. The molecular formula is C120H97BN4. The van der Waals surface area contributed by atoms with E-state index in [0.717, 1.165) is 134 Å². The molecule has 4 heterocycles. The largest absolute Gasteiger partial charge is 0.310 e. The first kappa shape index (κ1) is 75.7. The van der Waals surface area contributed by atoms with Gasteiger partial charge in [0.15, 0.2) is 0 Å². The molecule has 0 atom stereocenters. The zero-order valence-corrected chi connectivity index (χ0v) is 73.1. The molecule has 0 aliphatic carbocycles. The normalized spacial score (nSPS) is 13.1. The third-order valence-electron chi connectivity index (χ3n) is 27.4. The van der Waals surface area contributed by atoms with E-state index in [1.54, 1.807) is 0 Å². The molecular weight excluding hydrogens is 1510 g/mol. The van der Waals surface area contributed by atoms with E-state index in [4.69, 9.17) is 0 Å². The number of benzene rings is 19. The van der Waals surface area contributed by atoms with Crippen LogP contribution in [-0.2, 0) is 21.7 Å². The van der Waals surface area contributed by atoms with Crippen molar-refractivity contribution in [3.05, 3.63) is 392 Å². The van der Waals surface area contributed by atoms with Crippen LogP contribution in [-0.4, -0.2) is 15.8 Å². The van der Waals surface area contributed by atoms with Crippen molar-refractivity contribution in [3.63, 3.8) is 0 Å². The molecule has 0 radical (unpaired) electrons. The highest BCUT2D eigenvalue weighted by Gasteiger charge is 2.47. The van der Waals surface area contributed by atoms with E-state index in [-0.39, 0.29) is 28.4 Å². The van der Waals surface area contributed by atoms with Gasteiger partial charge >= 0.3 is 0 Å². The number of nitrogens with zero attached hydrogens (tertiary/aromatic N) is 4. The molecule has 0 fully saturated rings. The minimum Gasteiger partial charge on any atom is -0.310 e. The Labute approximate surface area is 733 Å². The fraction of sp³-hybridized carbons (Fsp3) is 0.133. The van der Waals surface area contributed by atoms with Crippen LogP contribution in [0.15, 0.2) is 370 Å². The van der Waals surface area contributed by atoms with Gasteiger partial charge in [0, 0.05) is 77.9 Å². The minimum atomic E-state index is -0.331. The highest BCUT2D eigenvalue weighted by molar-refractivity contribution is 7.00. The van der Waals surface area contributed by atoms with Crippen LogP contribution in [0.4, 0.5) is 34.1 Å². The monoisotopic (exact) mass is 1600 g/mol.